The normalized spacial score (nSPS) is 10.8. The maximum absolute atomic E-state index is 12.6. The molecule has 2 N–H and O–H groups in total. The number of aromatic nitrogens is 1. The molecule has 0 spiro atoms. The Hall–Kier alpha value is -2.87. The van der Waals surface area contributed by atoms with Crippen molar-refractivity contribution in [3.05, 3.63) is 82.4 Å². The zero-order valence-electron chi connectivity index (χ0n) is 17.4. The number of thioether (sulfide) groups is 1. The summed E-state index contributed by atoms with van der Waals surface area (Å²) in [5, 5.41) is 6.42. The molecule has 0 fully saturated rings. The molecule has 162 valence electrons. The lowest BCUT2D eigenvalue weighted by Gasteiger charge is -2.08. The molecule has 5 nitrogen and oxygen atoms in total. The Kier molecular flexibility index (Phi) is 6.79. The predicted octanol–water partition coefficient (Wildman–Crippen LogP) is 6.55. The fourth-order valence-corrected chi connectivity index (χ4v) is 5.19. The van der Waals surface area contributed by atoms with E-state index in [1.165, 1.54) is 23.1 Å². The van der Waals surface area contributed by atoms with Gasteiger partial charge < -0.3 is 10.6 Å². The average Bonchev–Trinajstić information content (AvgIpc) is 3.17. The van der Waals surface area contributed by atoms with Crippen LogP contribution in [0.5, 0.6) is 0 Å². The highest BCUT2D eigenvalue weighted by atomic mass is 35.5. The topological polar surface area (TPSA) is 71.1 Å². The minimum atomic E-state index is -0.144. The minimum Gasteiger partial charge on any atom is -0.325 e. The number of benzene rings is 3. The van der Waals surface area contributed by atoms with Crippen LogP contribution in [0.3, 0.4) is 0 Å². The van der Waals surface area contributed by atoms with Crippen LogP contribution < -0.4 is 10.6 Å². The summed E-state index contributed by atoms with van der Waals surface area (Å²) in [6.45, 7) is 3.83. The second kappa shape index (κ2) is 9.73. The van der Waals surface area contributed by atoms with Crippen molar-refractivity contribution < 1.29 is 9.59 Å². The summed E-state index contributed by atoms with van der Waals surface area (Å²) in [6, 6.07) is 18.5. The fraction of sp³-hybridized carbons (Fsp3) is 0.125. The number of carbonyl (C=O) groups excluding carboxylic acids is 2. The second-order valence-electron chi connectivity index (χ2n) is 7.23. The number of nitrogens with one attached hydrogen (secondary N) is 2. The molecule has 0 bridgehead atoms. The van der Waals surface area contributed by atoms with Gasteiger partial charge in [0.1, 0.15) is 0 Å². The van der Waals surface area contributed by atoms with Crippen LogP contribution in [0.25, 0.3) is 10.2 Å². The van der Waals surface area contributed by atoms with Gasteiger partial charge in [-0.15, -0.1) is 11.3 Å². The standard InChI is InChI=1S/C24H20ClN3O2S2/c1-14-5-3-4-6-18(14)23(30)26-17-9-10-19-21(12-17)32-24(28-19)31-13-22(29)27-20-11-16(25)8-7-15(20)2/h3-12H,13H2,1-2H3,(H,26,30)(H,27,29). The SMILES string of the molecule is Cc1ccc(Cl)cc1NC(=O)CSc1nc2ccc(NC(=O)c3ccccc3C)cc2s1. The molecule has 1 aromatic heterocycles. The van der Waals surface area contributed by atoms with Crippen LogP contribution in [0.2, 0.25) is 5.02 Å². The second-order valence-corrected chi connectivity index (χ2v) is 9.92. The van der Waals surface area contributed by atoms with E-state index >= 15 is 0 Å². The highest BCUT2D eigenvalue weighted by Crippen LogP contribution is 2.31. The quantitative estimate of drug-likeness (QED) is 0.306. The number of aryl methyl sites for hydroxylation is 2. The molecule has 1 heterocycles. The van der Waals surface area contributed by atoms with Gasteiger partial charge in [-0.1, -0.05) is 47.6 Å². The Morgan fingerprint density at radius 3 is 2.62 bits per heavy atom. The van der Waals surface area contributed by atoms with Crippen molar-refractivity contribution in [2.24, 2.45) is 0 Å². The number of halogens is 1. The van der Waals surface area contributed by atoms with E-state index in [0.29, 0.717) is 22.0 Å². The van der Waals surface area contributed by atoms with Crippen LogP contribution in [0.15, 0.2) is 65.0 Å². The van der Waals surface area contributed by atoms with E-state index < -0.39 is 0 Å². The van der Waals surface area contributed by atoms with Gasteiger partial charge in [0.15, 0.2) is 4.34 Å². The van der Waals surface area contributed by atoms with E-state index in [-0.39, 0.29) is 17.6 Å². The van der Waals surface area contributed by atoms with Crippen LogP contribution in [0.4, 0.5) is 11.4 Å². The van der Waals surface area contributed by atoms with E-state index in [9.17, 15) is 9.59 Å². The molecule has 2 amide bonds. The van der Waals surface area contributed by atoms with E-state index in [0.717, 1.165) is 25.7 Å². The first-order valence-corrected chi connectivity index (χ1v) is 12.0. The molecule has 4 rings (SSSR count). The van der Waals surface area contributed by atoms with Gasteiger partial charge in [0.25, 0.3) is 5.91 Å². The first kappa shape index (κ1) is 22.3. The van der Waals surface area contributed by atoms with Gasteiger partial charge in [-0.2, -0.15) is 0 Å². The van der Waals surface area contributed by atoms with Gasteiger partial charge in [-0.25, -0.2) is 4.98 Å². The van der Waals surface area contributed by atoms with E-state index in [1.54, 1.807) is 18.2 Å². The van der Waals surface area contributed by atoms with Gasteiger partial charge in [-0.05, 0) is 61.4 Å². The summed E-state index contributed by atoms with van der Waals surface area (Å²) < 4.78 is 1.74. The molecule has 0 unspecified atom stereocenters. The van der Waals surface area contributed by atoms with Crippen LogP contribution in [0, 0.1) is 13.8 Å². The van der Waals surface area contributed by atoms with Crippen LogP contribution in [0.1, 0.15) is 21.5 Å². The summed E-state index contributed by atoms with van der Waals surface area (Å²) in [5.74, 6) is -0.0248. The number of carbonyl (C=O) groups is 2. The van der Waals surface area contributed by atoms with Crippen molar-refractivity contribution >= 4 is 68.1 Å². The van der Waals surface area contributed by atoms with Gasteiger partial charge in [0.05, 0.1) is 16.0 Å². The summed E-state index contributed by atoms with van der Waals surface area (Å²) in [7, 11) is 0. The van der Waals surface area contributed by atoms with Crippen molar-refractivity contribution in [1.29, 1.82) is 0 Å². The lowest BCUT2D eigenvalue weighted by molar-refractivity contribution is -0.113. The number of hydrogen-bond acceptors (Lipinski definition) is 5. The van der Waals surface area contributed by atoms with Crippen LogP contribution in [-0.2, 0) is 4.79 Å². The number of fused-ring (bicyclic) bond motifs is 1. The van der Waals surface area contributed by atoms with Gasteiger partial charge in [0.2, 0.25) is 5.91 Å². The number of anilines is 2. The molecule has 3 aromatic carbocycles. The Morgan fingerprint density at radius 1 is 1.00 bits per heavy atom. The van der Waals surface area contributed by atoms with E-state index in [2.05, 4.69) is 15.6 Å². The minimum absolute atomic E-state index is 0.120. The Labute approximate surface area is 199 Å². The van der Waals surface area contributed by atoms with Crippen molar-refractivity contribution in [3.63, 3.8) is 0 Å². The molecule has 0 atom stereocenters. The summed E-state index contributed by atoms with van der Waals surface area (Å²) in [5.41, 5.74) is 4.77. The number of thiazole rings is 1. The fourth-order valence-electron chi connectivity index (χ4n) is 3.11. The molecule has 8 heteroatoms. The van der Waals surface area contributed by atoms with Crippen molar-refractivity contribution in [2.45, 2.75) is 18.2 Å². The van der Waals surface area contributed by atoms with Crippen LogP contribution >= 0.6 is 34.7 Å². The molecule has 0 aliphatic carbocycles. The predicted molar refractivity (Wildman–Crippen MR) is 134 cm³/mol. The molecule has 4 aromatic rings. The molecular formula is C24H20ClN3O2S2. The lowest BCUT2D eigenvalue weighted by atomic mass is 10.1. The molecular weight excluding hydrogens is 462 g/mol. The van der Waals surface area contributed by atoms with E-state index in [1.807, 2.05) is 56.3 Å². The molecule has 0 saturated heterocycles. The van der Waals surface area contributed by atoms with Gasteiger partial charge in [-0.3, -0.25) is 9.59 Å². The Bertz CT molecular complexity index is 1320. The Balaban J connectivity index is 1.40. The third kappa shape index (κ3) is 5.30. The summed E-state index contributed by atoms with van der Waals surface area (Å²) >= 11 is 8.88. The van der Waals surface area contributed by atoms with Crippen molar-refractivity contribution in [1.82, 2.24) is 4.98 Å². The highest BCUT2D eigenvalue weighted by Gasteiger charge is 2.12. The highest BCUT2D eigenvalue weighted by molar-refractivity contribution is 8.01. The van der Waals surface area contributed by atoms with Crippen LogP contribution in [-0.4, -0.2) is 22.6 Å². The maximum Gasteiger partial charge on any atom is 0.255 e. The largest absolute Gasteiger partial charge is 0.325 e. The zero-order chi connectivity index (χ0) is 22.7. The first-order chi connectivity index (χ1) is 15.4. The molecule has 0 aliphatic rings. The molecule has 0 radical (unpaired) electrons. The Morgan fingerprint density at radius 2 is 1.81 bits per heavy atom. The van der Waals surface area contributed by atoms with Crippen molar-refractivity contribution in [2.75, 3.05) is 16.4 Å². The third-order valence-corrected chi connectivity index (χ3v) is 7.21. The van der Waals surface area contributed by atoms with Gasteiger partial charge >= 0.3 is 0 Å². The monoisotopic (exact) mass is 481 g/mol. The third-order valence-electron chi connectivity index (χ3n) is 4.82. The summed E-state index contributed by atoms with van der Waals surface area (Å²) in [4.78, 5) is 29.5. The lowest BCUT2D eigenvalue weighted by Crippen LogP contribution is -2.14. The zero-order valence-corrected chi connectivity index (χ0v) is 19.8. The van der Waals surface area contributed by atoms with E-state index in [4.69, 9.17) is 11.6 Å². The maximum atomic E-state index is 12.6. The smallest absolute Gasteiger partial charge is 0.255 e. The molecule has 0 aliphatic heterocycles. The molecule has 32 heavy (non-hydrogen) atoms. The average molecular weight is 482 g/mol. The number of nitrogens with zero attached hydrogens (tertiary/aromatic N) is 1. The van der Waals surface area contributed by atoms with Gasteiger partial charge in [0, 0.05) is 22.0 Å². The number of amides is 2. The number of rotatable bonds is 6. The number of hydrogen-bond donors (Lipinski definition) is 2. The van der Waals surface area contributed by atoms with Crippen molar-refractivity contribution in [3.8, 4) is 0 Å². The summed E-state index contributed by atoms with van der Waals surface area (Å²) in [6.07, 6.45) is 0. The first-order valence-electron chi connectivity index (χ1n) is 9.85. The molecule has 0 saturated carbocycles.